The molecule has 1 heterocycles. The number of hydrogen-bond acceptors (Lipinski definition) is 2. The fraction of sp³-hybridized carbons (Fsp3) is 0.0909. The lowest BCUT2D eigenvalue weighted by molar-refractivity contribution is 0.0994. The van der Waals surface area contributed by atoms with Crippen molar-refractivity contribution < 1.29 is 9.59 Å². The van der Waals surface area contributed by atoms with Crippen LogP contribution >= 0.6 is 15.9 Å². The number of benzene rings is 3. The second kappa shape index (κ2) is 7.00. The maximum absolute atomic E-state index is 12.6. The highest BCUT2D eigenvalue weighted by Gasteiger charge is 2.28. The predicted octanol–water partition coefficient (Wildman–Crippen LogP) is 5.17. The van der Waals surface area contributed by atoms with Crippen LogP contribution in [0.4, 0.5) is 11.4 Å². The van der Waals surface area contributed by atoms with Crippen LogP contribution in [0.1, 0.15) is 31.8 Å². The van der Waals surface area contributed by atoms with Gasteiger partial charge in [-0.05, 0) is 66.6 Å². The van der Waals surface area contributed by atoms with Gasteiger partial charge in [0.25, 0.3) is 11.8 Å². The van der Waals surface area contributed by atoms with Crippen molar-refractivity contribution >= 4 is 39.1 Å². The minimum absolute atomic E-state index is 0.0108. The van der Waals surface area contributed by atoms with Gasteiger partial charge < -0.3 is 10.2 Å². The summed E-state index contributed by atoms with van der Waals surface area (Å²) >= 11 is 3.36. The van der Waals surface area contributed by atoms with E-state index in [1.807, 2.05) is 61.5 Å². The predicted molar refractivity (Wildman–Crippen MR) is 110 cm³/mol. The molecule has 0 radical (unpaired) electrons. The summed E-state index contributed by atoms with van der Waals surface area (Å²) < 4.78 is 0.927. The molecule has 0 aromatic heterocycles. The monoisotopic (exact) mass is 420 g/mol. The third-order valence-electron chi connectivity index (χ3n) is 4.70. The highest BCUT2D eigenvalue weighted by atomic mass is 79.9. The first-order chi connectivity index (χ1) is 13.0. The van der Waals surface area contributed by atoms with Crippen molar-refractivity contribution in [1.82, 2.24) is 0 Å². The molecule has 1 aliphatic heterocycles. The number of fused-ring (bicyclic) bond motifs is 1. The van der Waals surface area contributed by atoms with Crippen LogP contribution in [-0.4, -0.2) is 11.8 Å². The summed E-state index contributed by atoms with van der Waals surface area (Å²) in [6, 6.07) is 20.5. The second-order valence-corrected chi connectivity index (χ2v) is 7.42. The Morgan fingerprint density at radius 1 is 1.04 bits per heavy atom. The molecule has 3 aromatic carbocycles. The van der Waals surface area contributed by atoms with Crippen LogP contribution in [0.5, 0.6) is 0 Å². The Bertz CT molecular complexity index is 1040. The highest BCUT2D eigenvalue weighted by Crippen LogP contribution is 2.30. The Balaban J connectivity index is 1.54. The van der Waals surface area contributed by atoms with Gasteiger partial charge in [0.1, 0.15) is 0 Å². The number of nitrogens with zero attached hydrogens (tertiary/aromatic N) is 1. The molecule has 0 unspecified atom stereocenters. The van der Waals surface area contributed by atoms with E-state index in [0.29, 0.717) is 12.1 Å². The summed E-state index contributed by atoms with van der Waals surface area (Å²) in [6.07, 6.45) is 0. The first-order valence-corrected chi connectivity index (χ1v) is 9.39. The van der Waals surface area contributed by atoms with Crippen molar-refractivity contribution in [2.75, 3.05) is 10.2 Å². The van der Waals surface area contributed by atoms with Gasteiger partial charge in [-0.1, -0.05) is 34.1 Å². The average Bonchev–Trinajstić information content (AvgIpc) is 3.01. The maximum Gasteiger partial charge on any atom is 0.258 e. The van der Waals surface area contributed by atoms with Crippen molar-refractivity contribution in [3.63, 3.8) is 0 Å². The molecule has 27 heavy (non-hydrogen) atoms. The van der Waals surface area contributed by atoms with E-state index in [1.54, 1.807) is 17.0 Å². The smallest absolute Gasteiger partial charge is 0.258 e. The van der Waals surface area contributed by atoms with E-state index in [2.05, 4.69) is 21.2 Å². The van der Waals surface area contributed by atoms with Crippen LogP contribution in [0, 0.1) is 6.92 Å². The highest BCUT2D eigenvalue weighted by molar-refractivity contribution is 9.10. The number of carbonyl (C=O) groups is 2. The SMILES string of the molecule is Cc1cc(N2Cc3ccccc3C2=O)ccc1NC(=O)c1ccc(Br)cc1. The molecule has 0 saturated carbocycles. The van der Waals surface area contributed by atoms with Crippen LogP contribution in [0.25, 0.3) is 0 Å². The largest absolute Gasteiger partial charge is 0.322 e. The maximum atomic E-state index is 12.6. The zero-order valence-electron chi connectivity index (χ0n) is 14.7. The number of carbonyl (C=O) groups excluding carboxylic acids is 2. The third kappa shape index (κ3) is 3.38. The Labute approximate surface area is 165 Å². The van der Waals surface area contributed by atoms with Crippen molar-refractivity contribution in [1.29, 1.82) is 0 Å². The van der Waals surface area contributed by atoms with Crippen LogP contribution in [-0.2, 0) is 6.54 Å². The van der Waals surface area contributed by atoms with Crippen LogP contribution < -0.4 is 10.2 Å². The second-order valence-electron chi connectivity index (χ2n) is 6.51. The van der Waals surface area contributed by atoms with Crippen molar-refractivity contribution in [3.8, 4) is 0 Å². The Morgan fingerprint density at radius 2 is 1.78 bits per heavy atom. The molecule has 2 amide bonds. The summed E-state index contributed by atoms with van der Waals surface area (Å²) in [6.45, 7) is 2.49. The molecule has 134 valence electrons. The Kier molecular flexibility index (Phi) is 4.54. The molecule has 5 heteroatoms. The first-order valence-electron chi connectivity index (χ1n) is 8.60. The van der Waals surface area contributed by atoms with E-state index in [4.69, 9.17) is 0 Å². The molecular formula is C22H17BrN2O2. The lowest BCUT2D eigenvalue weighted by atomic mass is 10.1. The lowest BCUT2D eigenvalue weighted by Crippen LogP contribution is -2.23. The quantitative estimate of drug-likeness (QED) is 0.635. The van der Waals surface area contributed by atoms with Crippen LogP contribution in [0.3, 0.4) is 0 Å². The van der Waals surface area contributed by atoms with E-state index < -0.39 is 0 Å². The van der Waals surface area contributed by atoms with Gasteiger partial charge in [0.2, 0.25) is 0 Å². The molecular weight excluding hydrogens is 404 g/mol. The summed E-state index contributed by atoms with van der Waals surface area (Å²) in [5.41, 5.74) is 4.84. The van der Waals surface area contributed by atoms with Crippen molar-refractivity contribution in [2.45, 2.75) is 13.5 Å². The van der Waals surface area contributed by atoms with Crippen molar-refractivity contribution in [2.24, 2.45) is 0 Å². The molecule has 1 aliphatic rings. The molecule has 1 N–H and O–H groups in total. The van der Waals surface area contributed by atoms with E-state index in [1.165, 1.54) is 0 Å². The minimum atomic E-state index is -0.164. The standard InChI is InChI=1S/C22H17BrN2O2/c1-14-12-18(25-13-16-4-2-3-5-19(16)22(25)27)10-11-20(14)24-21(26)15-6-8-17(23)9-7-15/h2-12H,13H2,1H3,(H,24,26). The third-order valence-corrected chi connectivity index (χ3v) is 5.23. The summed E-state index contributed by atoms with van der Waals surface area (Å²) in [4.78, 5) is 26.8. The Hall–Kier alpha value is -2.92. The van der Waals surface area contributed by atoms with Gasteiger partial charge in [-0.25, -0.2) is 0 Å². The molecule has 0 fully saturated rings. The van der Waals surface area contributed by atoms with E-state index in [-0.39, 0.29) is 11.8 Å². The topological polar surface area (TPSA) is 49.4 Å². The number of anilines is 2. The molecule has 0 bridgehead atoms. The van der Waals surface area contributed by atoms with Gasteiger partial charge >= 0.3 is 0 Å². The molecule has 0 saturated heterocycles. The molecule has 3 aromatic rings. The van der Waals surface area contributed by atoms with Crippen molar-refractivity contribution in [3.05, 3.63) is 93.5 Å². The van der Waals surface area contributed by atoms with Gasteiger partial charge in [-0.3, -0.25) is 9.59 Å². The van der Waals surface area contributed by atoms with E-state index in [0.717, 1.165) is 32.5 Å². The van der Waals surface area contributed by atoms with Crippen LogP contribution in [0.2, 0.25) is 0 Å². The van der Waals surface area contributed by atoms with Gasteiger partial charge in [-0.2, -0.15) is 0 Å². The van der Waals surface area contributed by atoms with Gasteiger partial charge in [0, 0.05) is 27.0 Å². The van der Waals surface area contributed by atoms with E-state index in [9.17, 15) is 9.59 Å². The lowest BCUT2D eigenvalue weighted by Gasteiger charge is -2.18. The first kappa shape index (κ1) is 17.5. The van der Waals surface area contributed by atoms with E-state index >= 15 is 0 Å². The Morgan fingerprint density at radius 3 is 2.48 bits per heavy atom. The fourth-order valence-corrected chi connectivity index (χ4v) is 3.48. The number of halogens is 1. The normalized spacial score (nSPS) is 12.8. The molecule has 0 spiro atoms. The number of nitrogens with one attached hydrogen (secondary N) is 1. The minimum Gasteiger partial charge on any atom is -0.322 e. The number of amides is 2. The molecule has 4 nitrogen and oxygen atoms in total. The fourth-order valence-electron chi connectivity index (χ4n) is 3.21. The number of aryl methyl sites for hydroxylation is 1. The average molecular weight is 421 g/mol. The summed E-state index contributed by atoms with van der Waals surface area (Å²) in [5, 5.41) is 2.93. The molecule has 4 rings (SSSR count). The zero-order valence-corrected chi connectivity index (χ0v) is 16.3. The van der Waals surface area contributed by atoms with Gasteiger partial charge in [0.05, 0.1) is 6.54 Å². The molecule has 0 atom stereocenters. The van der Waals surface area contributed by atoms with Gasteiger partial charge in [-0.15, -0.1) is 0 Å². The van der Waals surface area contributed by atoms with Gasteiger partial charge in [0.15, 0.2) is 0 Å². The van der Waals surface area contributed by atoms with Crippen LogP contribution in [0.15, 0.2) is 71.2 Å². The zero-order chi connectivity index (χ0) is 19.0. The molecule has 0 aliphatic carbocycles. The number of hydrogen-bond donors (Lipinski definition) is 1. The summed E-state index contributed by atoms with van der Waals surface area (Å²) in [5.74, 6) is -0.153. The number of rotatable bonds is 3. The summed E-state index contributed by atoms with van der Waals surface area (Å²) in [7, 11) is 0.